The van der Waals surface area contributed by atoms with E-state index in [0.29, 0.717) is 32.0 Å². The molecule has 1 aromatic carbocycles. The standard InChI is InChI=1S/C20H28N2O4/c1-15-7-9-21(10-8-15)20(24)16-13-19(23)22(14-16)11-12-26-18-5-3-17(25-2)4-6-18/h3-6,15-16H,7-14H2,1-2H3. The number of likely N-dealkylation sites (tertiary alicyclic amines) is 2. The molecule has 0 radical (unpaired) electrons. The Hall–Kier alpha value is -2.24. The minimum atomic E-state index is -0.197. The van der Waals surface area contributed by atoms with E-state index in [2.05, 4.69) is 6.92 Å². The van der Waals surface area contributed by atoms with Gasteiger partial charge in [0.2, 0.25) is 11.8 Å². The molecule has 6 heteroatoms. The number of rotatable bonds is 6. The molecule has 2 aliphatic rings. The first-order chi connectivity index (χ1) is 12.6. The van der Waals surface area contributed by atoms with Gasteiger partial charge in [0.15, 0.2) is 0 Å². The second-order valence-corrected chi connectivity index (χ2v) is 7.27. The maximum absolute atomic E-state index is 12.7. The number of ether oxygens (including phenoxy) is 2. The van der Waals surface area contributed by atoms with E-state index in [1.807, 2.05) is 29.2 Å². The predicted octanol–water partition coefficient (Wildman–Crippen LogP) is 2.18. The van der Waals surface area contributed by atoms with Crippen molar-refractivity contribution in [2.75, 3.05) is 39.9 Å². The van der Waals surface area contributed by atoms with Crippen LogP contribution in [0.3, 0.4) is 0 Å². The van der Waals surface area contributed by atoms with Crippen molar-refractivity contribution in [2.24, 2.45) is 11.8 Å². The molecule has 3 rings (SSSR count). The maximum atomic E-state index is 12.7. The summed E-state index contributed by atoms with van der Waals surface area (Å²) >= 11 is 0. The first kappa shape index (κ1) is 18.5. The molecule has 142 valence electrons. The first-order valence-corrected chi connectivity index (χ1v) is 9.40. The molecule has 0 N–H and O–H groups in total. The summed E-state index contributed by atoms with van der Waals surface area (Å²) in [7, 11) is 1.62. The van der Waals surface area contributed by atoms with Crippen LogP contribution in [0, 0.1) is 11.8 Å². The molecule has 0 aromatic heterocycles. The topological polar surface area (TPSA) is 59.1 Å². The Bertz CT molecular complexity index is 623. The van der Waals surface area contributed by atoms with Crippen LogP contribution in [0.5, 0.6) is 11.5 Å². The zero-order chi connectivity index (χ0) is 18.5. The Balaban J connectivity index is 1.44. The molecule has 0 bridgehead atoms. The number of carbonyl (C=O) groups is 2. The molecule has 0 saturated carbocycles. The molecule has 1 unspecified atom stereocenters. The van der Waals surface area contributed by atoms with Crippen molar-refractivity contribution < 1.29 is 19.1 Å². The van der Waals surface area contributed by atoms with Crippen molar-refractivity contribution in [1.29, 1.82) is 0 Å². The van der Waals surface area contributed by atoms with Gasteiger partial charge < -0.3 is 19.3 Å². The molecular weight excluding hydrogens is 332 g/mol. The van der Waals surface area contributed by atoms with Gasteiger partial charge in [0.1, 0.15) is 18.1 Å². The average molecular weight is 360 g/mol. The second-order valence-electron chi connectivity index (χ2n) is 7.27. The van der Waals surface area contributed by atoms with E-state index in [0.717, 1.165) is 37.4 Å². The van der Waals surface area contributed by atoms with Crippen LogP contribution in [-0.4, -0.2) is 61.5 Å². The molecule has 2 heterocycles. The van der Waals surface area contributed by atoms with Crippen LogP contribution in [0.25, 0.3) is 0 Å². The van der Waals surface area contributed by atoms with E-state index in [-0.39, 0.29) is 17.7 Å². The Kier molecular flexibility index (Phi) is 6.01. The summed E-state index contributed by atoms with van der Waals surface area (Å²) in [5.74, 6) is 2.21. The predicted molar refractivity (Wildman–Crippen MR) is 98.2 cm³/mol. The molecule has 6 nitrogen and oxygen atoms in total. The van der Waals surface area contributed by atoms with Gasteiger partial charge in [-0.05, 0) is 43.0 Å². The molecule has 1 atom stereocenters. The van der Waals surface area contributed by atoms with Gasteiger partial charge in [-0.3, -0.25) is 9.59 Å². The van der Waals surface area contributed by atoms with Gasteiger partial charge in [-0.15, -0.1) is 0 Å². The fourth-order valence-corrected chi connectivity index (χ4v) is 3.59. The molecular formula is C20H28N2O4. The molecule has 26 heavy (non-hydrogen) atoms. The third kappa shape index (κ3) is 4.48. The average Bonchev–Trinajstić information content (AvgIpc) is 3.03. The van der Waals surface area contributed by atoms with Crippen LogP contribution in [0.15, 0.2) is 24.3 Å². The molecule has 1 aromatic rings. The summed E-state index contributed by atoms with van der Waals surface area (Å²) < 4.78 is 10.8. The summed E-state index contributed by atoms with van der Waals surface area (Å²) in [6.45, 7) is 5.31. The molecule has 2 saturated heterocycles. The highest BCUT2D eigenvalue weighted by Crippen LogP contribution is 2.24. The van der Waals surface area contributed by atoms with Gasteiger partial charge >= 0.3 is 0 Å². The van der Waals surface area contributed by atoms with Crippen molar-refractivity contribution in [2.45, 2.75) is 26.2 Å². The third-order valence-corrected chi connectivity index (χ3v) is 5.35. The van der Waals surface area contributed by atoms with E-state index >= 15 is 0 Å². The second kappa shape index (κ2) is 8.43. The summed E-state index contributed by atoms with van der Waals surface area (Å²) in [4.78, 5) is 28.6. The normalized spacial score (nSPS) is 21.2. The van der Waals surface area contributed by atoms with E-state index in [1.54, 1.807) is 12.0 Å². The maximum Gasteiger partial charge on any atom is 0.227 e. The highest BCUT2D eigenvalue weighted by Gasteiger charge is 2.36. The quantitative estimate of drug-likeness (QED) is 0.780. The number of hydrogen-bond acceptors (Lipinski definition) is 4. The lowest BCUT2D eigenvalue weighted by Crippen LogP contribution is -2.42. The number of hydrogen-bond donors (Lipinski definition) is 0. The van der Waals surface area contributed by atoms with E-state index in [9.17, 15) is 9.59 Å². The zero-order valence-corrected chi connectivity index (χ0v) is 15.6. The monoisotopic (exact) mass is 360 g/mol. The van der Waals surface area contributed by atoms with Crippen molar-refractivity contribution >= 4 is 11.8 Å². The Labute approximate surface area is 155 Å². The Morgan fingerprint density at radius 3 is 2.46 bits per heavy atom. The molecule has 2 fully saturated rings. The van der Waals surface area contributed by atoms with E-state index in [4.69, 9.17) is 9.47 Å². The minimum Gasteiger partial charge on any atom is -0.497 e. The molecule has 2 aliphatic heterocycles. The highest BCUT2D eigenvalue weighted by atomic mass is 16.5. The summed E-state index contributed by atoms with van der Waals surface area (Å²) in [5, 5.41) is 0. The fourth-order valence-electron chi connectivity index (χ4n) is 3.59. The van der Waals surface area contributed by atoms with Crippen LogP contribution in [-0.2, 0) is 9.59 Å². The highest BCUT2D eigenvalue weighted by molar-refractivity contribution is 5.89. The van der Waals surface area contributed by atoms with Gasteiger partial charge in [0.05, 0.1) is 19.6 Å². The molecule has 2 amide bonds. The van der Waals surface area contributed by atoms with Crippen molar-refractivity contribution in [1.82, 2.24) is 9.80 Å². The minimum absolute atomic E-state index is 0.0482. The Morgan fingerprint density at radius 1 is 1.15 bits per heavy atom. The number of methoxy groups -OCH3 is 1. The first-order valence-electron chi connectivity index (χ1n) is 9.40. The summed E-state index contributed by atoms with van der Waals surface area (Å²) in [6, 6.07) is 7.36. The lowest BCUT2D eigenvalue weighted by Gasteiger charge is -2.32. The number of piperidine rings is 1. The van der Waals surface area contributed by atoms with Crippen molar-refractivity contribution in [3.05, 3.63) is 24.3 Å². The lowest BCUT2D eigenvalue weighted by atomic mass is 9.97. The summed E-state index contributed by atoms with van der Waals surface area (Å²) in [6.07, 6.45) is 2.45. The van der Waals surface area contributed by atoms with Crippen LogP contribution in [0.4, 0.5) is 0 Å². The van der Waals surface area contributed by atoms with Crippen LogP contribution in [0.1, 0.15) is 26.2 Å². The van der Waals surface area contributed by atoms with E-state index in [1.165, 1.54) is 0 Å². The van der Waals surface area contributed by atoms with Gasteiger partial charge in [-0.25, -0.2) is 0 Å². The van der Waals surface area contributed by atoms with E-state index < -0.39 is 0 Å². The van der Waals surface area contributed by atoms with Crippen LogP contribution >= 0.6 is 0 Å². The number of benzene rings is 1. The third-order valence-electron chi connectivity index (χ3n) is 5.35. The van der Waals surface area contributed by atoms with Crippen molar-refractivity contribution in [3.8, 4) is 11.5 Å². The fraction of sp³-hybridized carbons (Fsp3) is 0.600. The lowest BCUT2D eigenvalue weighted by molar-refractivity contribution is -0.137. The number of nitrogens with zero attached hydrogens (tertiary/aromatic N) is 2. The van der Waals surface area contributed by atoms with Gasteiger partial charge in [-0.1, -0.05) is 6.92 Å². The zero-order valence-electron chi connectivity index (χ0n) is 15.6. The molecule has 0 aliphatic carbocycles. The van der Waals surface area contributed by atoms with Crippen LogP contribution < -0.4 is 9.47 Å². The smallest absolute Gasteiger partial charge is 0.227 e. The SMILES string of the molecule is COc1ccc(OCCN2CC(C(=O)N3CCC(C)CC3)CC2=O)cc1. The summed E-state index contributed by atoms with van der Waals surface area (Å²) in [5.41, 5.74) is 0. The number of carbonyl (C=O) groups excluding carboxylic acids is 2. The van der Waals surface area contributed by atoms with Crippen molar-refractivity contribution in [3.63, 3.8) is 0 Å². The van der Waals surface area contributed by atoms with Crippen LogP contribution in [0.2, 0.25) is 0 Å². The van der Waals surface area contributed by atoms with Gasteiger partial charge in [0.25, 0.3) is 0 Å². The van der Waals surface area contributed by atoms with Gasteiger partial charge in [-0.2, -0.15) is 0 Å². The molecule has 0 spiro atoms. The van der Waals surface area contributed by atoms with Gasteiger partial charge in [0, 0.05) is 26.1 Å². The Morgan fingerprint density at radius 2 is 1.81 bits per heavy atom. The number of amides is 2. The largest absolute Gasteiger partial charge is 0.497 e.